The monoisotopic (exact) mass is 344 g/mol. The standard InChI is InChI=1S/C17H20N4O2S/c1-2-23-17(22)20-7-3-12(4-8-20)14-15-13(6-10-24-15)5-9-21-16(14)18-11-19-21/h5-6,9-12,14H,2-4,7-8H2,1H3. The van der Waals surface area contributed by atoms with Crippen LogP contribution in [-0.4, -0.2) is 45.5 Å². The molecule has 2 aliphatic heterocycles. The van der Waals surface area contributed by atoms with Crippen LogP contribution in [0.25, 0.3) is 12.3 Å². The molecule has 7 heteroatoms. The molecule has 1 atom stereocenters. The number of ether oxygens (including phenoxy) is 1. The minimum absolute atomic E-state index is 0.196. The molecule has 1 saturated heterocycles. The SMILES string of the molecule is CCOC(=O)N1CCC(C2c3sccc3C=Cn3ncnc32)CC1. The van der Waals surface area contributed by atoms with E-state index in [9.17, 15) is 4.79 Å². The summed E-state index contributed by atoms with van der Waals surface area (Å²) in [6.07, 6.45) is 7.43. The first kappa shape index (κ1) is 15.4. The molecule has 4 rings (SSSR count). The summed E-state index contributed by atoms with van der Waals surface area (Å²) < 4.78 is 7.01. The van der Waals surface area contributed by atoms with Crippen LogP contribution in [0.4, 0.5) is 4.79 Å². The Balaban J connectivity index is 1.58. The summed E-state index contributed by atoms with van der Waals surface area (Å²) in [7, 11) is 0. The third kappa shape index (κ3) is 2.62. The average Bonchev–Trinajstić information content (AvgIpc) is 3.22. The predicted molar refractivity (Wildman–Crippen MR) is 92.7 cm³/mol. The molecule has 0 N–H and O–H groups in total. The molecule has 24 heavy (non-hydrogen) atoms. The normalized spacial score (nSPS) is 20.4. The van der Waals surface area contributed by atoms with Gasteiger partial charge in [0.25, 0.3) is 0 Å². The van der Waals surface area contributed by atoms with Gasteiger partial charge < -0.3 is 9.64 Å². The lowest BCUT2D eigenvalue weighted by molar-refractivity contribution is 0.0899. The maximum absolute atomic E-state index is 11.9. The van der Waals surface area contributed by atoms with Crippen molar-refractivity contribution in [1.29, 1.82) is 0 Å². The fraction of sp³-hybridized carbons (Fsp3) is 0.471. The first-order valence-corrected chi connectivity index (χ1v) is 9.22. The van der Waals surface area contributed by atoms with E-state index in [1.54, 1.807) is 17.7 Å². The first-order valence-electron chi connectivity index (χ1n) is 8.34. The number of hydrogen-bond donors (Lipinski definition) is 0. The number of amides is 1. The number of fused-ring (bicyclic) bond motifs is 2. The van der Waals surface area contributed by atoms with Crippen molar-refractivity contribution in [3.63, 3.8) is 0 Å². The summed E-state index contributed by atoms with van der Waals surface area (Å²) in [5.41, 5.74) is 1.25. The fourth-order valence-electron chi connectivity index (χ4n) is 3.64. The second-order valence-electron chi connectivity index (χ2n) is 6.12. The minimum atomic E-state index is -0.196. The van der Waals surface area contributed by atoms with E-state index in [4.69, 9.17) is 4.74 Å². The Hall–Kier alpha value is -2.15. The van der Waals surface area contributed by atoms with Crippen LogP contribution in [0.2, 0.25) is 0 Å². The number of likely N-dealkylation sites (tertiary alicyclic amines) is 1. The summed E-state index contributed by atoms with van der Waals surface area (Å²) in [5, 5.41) is 6.47. The van der Waals surface area contributed by atoms with Crippen LogP contribution in [0.1, 0.15) is 41.9 Å². The number of carbonyl (C=O) groups excluding carboxylic acids is 1. The number of aromatic nitrogens is 3. The third-order valence-corrected chi connectivity index (χ3v) is 5.84. The van der Waals surface area contributed by atoms with E-state index in [1.165, 1.54) is 10.4 Å². The molecule has 2 aromatic heterocycles. The summed E-state index contributed by atoms with van der Waals surface area (Å²) >= 11 is 1.79. The lowest BCUT2D eigenvalue weighted by Crippen LogP contribution is -2.40. The van der Waals surface area contributed by atoms with E-state index in [0.717, 1.165) is 31.8 Å². The molecule has 1 unspecified atom stereocenters. The van der Waals surface area contributed by atoms with Crippen molar-refractivity contribution in [2.75, 3.05) is 19.7 Å². The maximum atomic E-state index is 11.9. The number of rotatable bonds is 2. The Morgan fingerprint density at radius 1 is 1.42 bits per heavy atom. The first-order chi connectivity index (χ1) is 11.8. The van der Waals surface area contributed by atoms with Crippen LogP contribution in [0.15, 0.2) is 17.8 Å². The largest absolute Gasteiger partial charge is 0.450 e. The van der Waals surface area contributed by atoms with Crippen LogP contribution in [0.5, 0.6) is 0 Å². The molecule has 0 aromatic carbocycles. The Bertz CT molecular complexity index is 714. The van der Waals surface area contributed by atoms with Gasteiger partial charge in [-0.2, -0.15) is 5.10 Å². The number of carbonyl (C=O) groups is 1. The molecule has 1 fully saturated rings. The summed E-state index contributed by atoms with van der Waals surface area (Å²) in [6.45, 7) is 3.74. The Morgan fingerprint density at radius 2 is 2.25 bits per heavy atom. The van der Waals surface area contributed by atoms with E-state index >= 15 is 0 Å². The second kappa shape index (κ2) is 6.39. The van der Waals surface area contributed by atoms with Gasteiger partial charge in [0.15, 0.2) is 0 Å². The summed E-state index contributed by atoms with van der Waals surface area (Å²) in [4.78, 5) is 19.6. The van der Waals surface area contributed by atoms with E-state index in [1.807, 2.05) is 22.7 Å². The zero-order valence-electron chi connectivity index (χ0n) is 13.6. The highest BCUT2D eigenvalue weighted by atomic mass is 32.1. The van der Waals surface area contributed by atoms with Gasteiger partial charge in [0.05, 0.1) is 12.5 Å². The molecule has 2 aliphatic rings. The van der Waals surface area contributed by atoms with Crippen LogP contribution in [0.3, 0.4) is 0 Å². The molecule has 0 radical (unpaired) electrons. The quantitative estimate of drug-likeness (QED) is 0.839. The Labute approximate surface area is 144 Å². The topological polar surface area (TPSA) is 60.2 Å². The number of thiophene rings is 1. The molecular formula is C17H20N4O2S. The fourth-order valence-corrected chi connectivity index (χ4v) is 4.72. The third-order valence-electron chi connectivity index (χ3n) is 4.82. The molecule has 1 amide bonds. The van der Waals surface area contributed by atoms with Crippen molar-refractivity contribution in [3.05, 3.63) is 34.0 Å². The highest BCUT2D eigenvalue weighted by molar-refractivity contribution is 7.10. The van der Waals surface area contributed by atoms with Crippen molar-refractivity contribution >= 4 is 29.7 Å². The maximum Gasteiger partial charge on any atom is 0.409 e. The van der Waals surface area contributed by atoms with Crippen molar-refractivity contribution in [2.45, 2.75) is 25.7 Å². The summed E-state index contributed by atoms with van der Waals surface area (Å²) in [6, 6.07) is 2.16. The van der Waals surface area contributed by atoms with Gasteiger partial charge in [-0.1, -0.05) is 0 Å². The van der Waals surface area contributed by atoms with Crippen molar-refractivity contribution in [2.24, 2.45) is 5.92 Å². The minimum Gasteiger partial charge on any atom is -0.450 e. The van der Waals surface area contributed by atoms with Gasteiger partial charge >= 0.3 is 6.09 Å². The molecular weight excluding hydrogens is 324 g/mol. The second-order valence-corrected chi connectivity index (χ2v) is 7.07. The van der Waals surface area contributed by atoms with Crippen LogP contribution < -0.4 is 0 Å². The highest BCUT2D eigenvalue weighted by Gasteiger charge is 2.35. The zero-order valence-corrected chi connectivity index (χ0v) is 14.4. The molecule has 4 heterocycles. The Kier molecular flexibility index (Phi) is 4.10. The van der Waals surface area contributed by atoms with E-state index < -0.39 is 0 Å². The van der Waals surface area contributed by atoms with Crippen molar-refractivity contribution < 1.29 is 9.53 Å². The number of piperidine rings is 1. The zero-order chi connectivity index (χ0) is 16.5. The van der Waals surface area contributed by atoms with Gasteiger partial charge in [0.1, 0.15) is 12.2 Å². The molecule has 0 aliphatic carbocycles. The van der Waals surface area contributed by atoms with Crippen LogP contribution in [0, 0.1) is 5.92 Å². The van der Waals surface area contributed by atoms with Gasteiger partial charge in [0.2, 0.25) is 0 Å². The van der Waals surface area contributed by atoms with E-state index in [0.29, 0.717) is 12.5 Å². The highest BCUT2D eigenvalue weighted by Crippen LogP contribution is 2.42. The molecule has 0 bridgehead atoms. The average molecular weight is 344 g/mol. The molecule has 126 valence electrons. The molecule has 6 nitrogen and oxygen atoms in total. The van der Waals surface area contributed by atoms with E-state index in [2.05, 4.69) is 27.6 Å². The summed E-state index contributed by atoms with van der Waals surface area (Å²) in [5.74, 6) is 1.69. The molecule has 0 saturated carbocycles. The predicted octanol–water partition coefficient (Wildman–Crippen LogP) is 3.28. The van der Waals surface area contributed by atoms with Gasteiger partial charge in [-0.05, 0) is 48.8 Å². The van der Waals surface area contributed by atoms with Crippen molar-refractivity contribution in [3.8, 4) is 0 Å². The number of hydrogen-bond acceptors (Lipinski definition) is 5. The van der Waals surface area contributed by atoms with Gasteiger partial charge in [-0.3, -0.25) is 0 Å². The van der Waals surface area contributed by atoms with Gasteiger partial charge in [0, 0.05) is 24.2 Å². The lowest BCUT2D eigenvalue weighted by atomic mass is 9.82. The van der Waals surface area contributed by atoms with Gasteiger partial charge in [-0.25, -0.2) is 14.5 Å². The Morgan fingerprint density at radius 3 is 3.04 bits per heavy atom. The lowest BCUT2D eigenvalue weighted by Gasteiger charge is -2.34. The molecule has 0 spiro atoms. The molecule has 2 aromatic rings. The van der Waals surface area contributed by atoms with E-state index in [-0.39, 0.29) is 12.0 Å². The van der Waals surface area contributed by atoms with Crippen LogP contribution >= 0.6 is 11.3 Å². The van der Waals surface area contributed by atoms with Crippen molar-refractivity contribution in [1.82, 2.24) is 19.7 Å². The number of nitrogens with zero attached hydrogens (tertiary/aromatic N) is 4. The van der Waals surface area contributed by atoms with Gasteiger partial charge in [-0.15, -0.1) is 11.3 Å². The smallest absolute Gasteiger partial charge is 0.409 e. The van der Waals surface area contributed by atoms with Crippen LogP contribution in [-0.2, 0) is 4.74 Å².